The summed E-state index contributed by atoms with van der Waals surface area (Å²) < 4.78 is 15.7. The van der Waals surface area contributed by atoms with Crippen LogP contribution < -0.4 is 9.47 Å². The second kappa shape index (κ2) is 8.96. The number of carbonyl (C=O) groups is 1. The molecule has 0 spiro atoms. The topological polar surface area (TPSA) is 68.5 Å². The molecule has 22 heavy (non-hydrogen) atoms. The number of nitriles is 1. The van der Waals surface area contributed by atoms with Crippen LogP contribution in [0.1, 0.15) is 25.8 Å². The maximum atomic E-state index is 11.4. The Morgan fingerprint density at radius 3 is 2.64 bits per heavy atom. The van der Waals surface area contributed by atoms with Crippen molar-refractivity contribution in [2.75, 3.05) is 20.3 Å². The van der Waals surface area contributed by atoms with Crippen molar-refractivity contribution in [3.63, 3.8) is 0 Å². The van der Waals surface area contributed by atoms with E-state index in [1.54, 1.807) is 18.2 Å². The Kier molecular flexibility index (Phi) is 7.27. The van der Waals surface area contributed by atoms with Crippen molar-refractivity contribution in [3.05, 3.63) is 28.3 Å². The van der Waals surface area contributed by atoms with Crippen LogP contribution in [0.4, 0.5) is 0 Å². The van der Waals surface area contributed by atoms with Gasteiger partial charge in [0.05, 0.1) is 25.3 Å². The van der Waals surface area contributed by atoms with Gasteiger partial charge < -0.3 is 14.2 Å². The van der Waals surface area contributed by atoms with Crippen LogP contribution in [0.2, 0.25) is 5.02 Å². The number of carbonyl (C=O) groups excluding carboxylic acids is 1. The van der Waals surface area contributed by atoms with Crippen LogP contribution >= 0.6 is 11.6 Å². The molecule has 118 valence electrons. The number of ether oxygens (including phenoxy) is 3. The lowest BCUT2D eigenvalue weighted by Crippen LogP contribution is -2.03. The van der Waals surface area contributed by atoms with Crippen molar-refractivity contribution >= 4 is 23.6 Å². The van der Waals surface area contributed by atoms with E-state index in [0.717, 1.165) is 6.42 Å². The first-order chi connectivity index (χ1) is 10.6. The van der Waals surface area contributed by atoms with E-state index in [-0.39, 0.29) is 5.57 Å². The SMILES string of the molecule is CCCOc1c(Cl)cc(C=C(C#N)C(=O)OC)cc1OCC. The molecule has 1 aromatic carbocycles. The minimum absolute atomic E-state index is 0.122. The van der Waals surface area contributed by atoms with Crippen molar-refractivity contribution in [1.82, 2.24) is 0 Å². The van der Waals surface area contributed by atoms with Crippen LogP contribution in [0.5, 0.6) is 11.5 Å². The van der Waals surface area contributed by atoms with Crippen molar-refractivity contribution in [2.24, 2.45) is 0 Å². The summed E-state index contributed by atoms with van der Waals surface area (Å²) in [4.78, 5) is 11.4. The van der Waals surface area contributed by atoms with Gasteiger partial charge >= 0.3 is 5.97 Å². The first kappa shape index (κ1) is 17.9. The van der Waals surface area contributed by atoms with Crippen LogP contribution in [0, 0.1) is 11.3 Å². The zero-order valence-corrected chi connectivity index (χ0v) is 13.6. The van der Waals surface area contributed by atoms with E-state index in [4.69, 9.17) is 26.3 Å². The Morgan fingerprint density at radius 1 is 1.36 bits per heavy atom. The molecule has 0 aliphatic heterocycles. The third-order valence-corrected chi connectivity index (χ3v) is 2.90. The minimum Gasteiger partial charge on any atom is -0.490 e. The number of halogens is 1. The molecule has 6 heteroatoms. The third kappa shape index (κ3) is 4.68. The first-order valence-corrected chi connectivity index (χ1v) is 7.24. The van der Waals surface area contributed by atoms with E-state index in [1.165, 1.54) is 13.2 Å². The Labute approximate surface area is 135 Å². The fourth-order valence-corrected chi connectivity index (χ4v) is 1.97. The van der Waals surface area contributed by atoms with Crippen molar-refractivity contribution in [2.45, 2.75) is 20.3 Å². The number of esters is 1. The summed E-state index contributed by atoms with van der Waals surface area (Å²) in [6, 6.07) is 5.07. The highest BCUT2D eigenvalue weighted by Gasteiger charge is 2.14. The van der Waals surface area contributed by atoms with Crippen LogP contribution in [0.25, 0.3) is 6.08 Å². The van der Waals surface area contributed by atoms with Crippen LogP contribution in [-0.4, -0.2) is 26.3 Å². The lowest BCUT2D eigenvalue weighted by atomic mass is 10.1. The minimum atomic E-state index is -0.706. The second-order valence-electron chi connectivity index (χ2n) is 4.27. The first-order valence-electron chi connectivity index (χ1n) is 6.86. The molecule has 0 amide bonds. The molecule has 0 N–H and O–H groups in total. The smallest absolute Gasteiger partial charge is 0.348 e. The molecule has 5 nitrogen and oxygen atoms in total. The number of benzene rings is 1. The summed E-state index contributed by atoms with van der Waals surface area (Å²) in [6.45, 7) is 4.78. The average molecular weight is 324 g/mol. The quantitative estimate of drug-likeness (QED) is 0.435. The lowest BCUT2D eigenvalue weighted by Gasteiger charge is -2.14. The van der Waals surface area contributed by atoms with Gasteiger partial charge in [-0.15, -0.1) is 0 Å². The van der Waals surface area contributed by atoms with Gasteiger partial charge in [0.1, 0.15) is 11.6 Å². The van der Waals surface area contributed by atoms with Crippen molar-refractivity contribution in [3.8, 4) is 17.6 Å². The predicted molar refractivity (Wildman–Crippen MR) is 84.0 cm³/mol. The Hall–Kier alpha value is -2.19. The van der Waals surface area contributed by atoms with E-state index in [1.807, 2.05) is 13.8 Å². The summed E-state index contributed by atoms with van der Waals surface area (Å²) in [6.07, 6.45) is 2.23. The van der Waals surface area contributed by atoms with Crippen LogP contribution in [0.3, 0.4) is 0 Å². The number of hydrogen-bond acceptors (Lipinski definition) is 5. The number of hydrogen-bond donors (Lipinski definition) is 0. The maximum Gasteiger partial charge on any atom is 0.348 e. The molecule has 0 heterocycles. The standard InChI is InChI=1S/C16H18ClNO4/c1-4-6-22-15-13(17)8-11(9-14(15)21-5-2)7-12(10-18)16(19)20-3/h7-9H,4-6H2,1-3H3. The largest absolute Gasteiger partial charge is 0.490 e. The summed E-state index contributed by atoms with van der Waals surface area (Å²) in [5, 5.41) is 9.35. The monoisotopic (exact) mass is 323 g/mol. The molecule has 0 unspecified atom stereocenters. The highest BCUT2D eigenvalue weighted by atomic mass is 35.5. The molecule has 0 fully saturated rings. The molecule has 0 aliphatic carbocycles. The Morgan fingerprint density at radius 2 is 2.09 bits per heavy atom. The summed E-state index contributed by atoms with van der Waals surface area (Å²) in [5.41, 5.74) is 0.433. The van der Waals surface area contributed by atoms with E-state index >= 15 is 0 Å². The molecule has 0 bridgehead atoms. The molecule has 0 aliphatic rings. The number of nitrogens with zero attached hydrogens (tertiary/aromatic N) is 1. The molecule has 1 aromatic rings. The van der Waals surface area contributed by atoms with Gasteiger partial charge in [-0.1, -0.05) is 18.5 Å². The van der Waals surface area contributed by atoms with E-state index in [2.05, 4.69) is 4.74 Å². The molecule has 0 atom stereocenters. The predicted octanol–water partition coefficient (Wildman–Crippen LogP) is 3.61. The zero-order valence-electron chi connectivity index (χ0n) is 12.8. The van der Waals surface area contributed by atoms with Gasteiger partial charge in [0.15, 0.2) is 11.5 Å². The molecular formula is C16H18ClNO4. The van der Waals surface area contributed by atoms with Crippen molar-refractivity contribution in [1.29, 1.82) is 5.26 Å². The van der Waals surface area contributed by atoms with Gasteiger partial charge in [0.2, 0.25) is 0 Å². The van der Waals surface area contributed by atoms with E-state index < -0.39 is 5.97 Å². The highest BCUT2D eigenvalue weighted by molar-refractivity contribution is 6.32. The van der Waals surface area contributed by atoms with E-state index in [9.17, 15) is 4.79 Å². The average Bonchev–Trinajstić information content (AvgIpc) is 2.51. The Balaban J connectivity index is 3.26. The maximum absolute atomic E-state index is 11.4. The fraction of sp³-hybridized carbons (Fsp3) is 0.375. The molecule has 1 rings (SSSR count). The van der Waals surface area contributed by atoms with E-state index in [0.29, 0.717) is 35.3 Å². The van der Waals surface area contributed by atoms with Gasteiger partial charge in [-0.2, -0.15) is 5.26 Å². The highest BCUT2D eigenvalue weighted by Crippen LogP contribution is 2.37. The Bertz CT molecular complexity index is 605. The van der Waals surface area contributed by atoms with Gasteiger partial charge in [-0.05, 0) is 37.1 Å². The third-order valence-electron chi connectivity index (χ3n) is 2.62. The molecule has 0 saturated carbocycles. The van der Waals surface area contributed by atoms with Crippen LogP contribution in [0.15, 0.2) is 17.7 Å². The lowest BCUT2D eigenvalue weighted by molar-refractivity contribution is -0.135. The fourth-order valence-electron chi connectivity index (χ4n) is 1.69. The molecule has 0 radical (unpaired) electrons. The van der Waals surface area contributed by atoms with Gasteiger partial charge in [0, 0.05) is 0 Å². The number of methoxy groups -OCH3 is 1. The normalized spacial score (nSPS) is 10.8. The number of rotatable bonds is 7. The summed E-state index contributed by atoms with van der Waals surface area (Å²) >= 11 is 6.21. The summed E-state index contributed by atoms with van der Waals surface area (Å²) in [5.74, 6) is 0.221. The summed E-state index contributed by atoms with van der Waals surface area (Å²) in [7, 11) is 1.22. The van der Waals surface area contributed by atoms with Crippen LogP contribution in [-0.2, 0) is 9.53 Å². The zero-order chi connectivity index (χ0) is 16.5. The van der Waals surface area contributed by atoms with Gasteiger partial charge in [-0.3, -0.25) is 0 Å². The molecular weight excluding hydrogens is 306 g/mol. The van der Waals surface area contributed by atoms with Gasteiger partial charge in [-0.25, -0.2) is 4.79 Å². The molecule has 0 saturated heterocycles. The molecule has 0 aromatic heterocycles. The van der Waals surface area contributed by atoms with Crippen molar-refractivity contribution < 1.29 is 19.0 Å². The van der Waals surface area contributed by atoms with Gasteiger partial charge in [0.25, 0.3) is 0 Å². The second-order valence-corrected chi connectivity index (χ2v) is 4.68.